The maximum Gasteiger partial charge on any atom is 0.311 e. The van der Waals surface area contributed by atoms with E-state index < -0.39 is 27.6 Å². The van der Waals surface area contributed by atoms with Crippen molar-refractivity contribution < 1.29 is 18.0 Å². The van der Waals surface area contributed by atoms with Crippen LogP contribution >= 0.6 is 11.9 Å². The number of rotatable bonds is 11. The van der Waals surface area contributed by atoms with Gasteiger partial charge >= 0.3 is 15.7 Å². The predicted octanol–water partition coefficient (Wildman–Crippen LogP) is 3.93. The lowest BCUT2D eigenvalue weighted by molar-refractivity contribution is -0.129. The van der Waals surface area contributed by atoms with Gasteiger partial charge in [0.25, 0.3) is 0 Å². The molecule has 9 heteroatoms. The van der Waals surface area contributed by atoms with Crippen LogP contribution in [0.2, 0.25) is 0 Å². The Balaban J connectivity index is 3.06. The molecule has 0 aromatic heterocycles. The maximum absolute atomic E-state index is 13.2. The normalized spacial score (nSPS) is 11.7. The Bertz CT molecular complexity index is 756. The van der Waals surface area contributed by atoms with Crippen LogP contribution in [-0.2, 0) is 15.3 Å². The summed E-state index contributed by atoms with van der Waals surface area (Å²) in [4.78, 5) is 26.9. The predicted molar refractivity (Wildman–Crippen MR) is 113 cm³/mol. The summed E-state index contributed by atoms with van der Waals surface area (Å²) in [5, 5.41) is -0.400. The molecule has 0 fully saturated rings. The minimum absolute atomic E-state index is 0.220. The van der Waals surface area contributed by atoms with Gasteiger partial charge in [-0.25, -0.2) is 0 Å². The van der Waals surface area contributed by atoms with Crippen LogP contribution in [0.1, 0.15) is 56.1 Å². The lowest BCUT2D eigenvalue weighted by atomic mass is 9.96. The molecule has 1 N–H and O–H groups in total. The van der Waals surface area contributed by atoms with Crippen LogP contribution in [0.15, 0.2) is 28.6 Å². The first-order chi connectivity index (χ1) is 13.4. The van der Waals surface area contributed by atoms with Crippen molar-refractivity contribution in [3.8, 4) is 0 Å². The monoisotopic (exact) mass is 427 g/mol. The molecule has 0 aliphatic rings. The van der Waals surface area contributed by atoms with Crippen LogP contribution < -0.4 is 4.72 Å². The van der Waals surface area contributed by atoms with Crippen LogP contribution in [-0.4, -0.2) is 44.6 Å². The highest BCUT2D eigenvalue weighted by molar-refractivity contribution is 8.11. The molecule has 7 nitrogen and oxygen atoms in total. The molecule has 1 aromatic rings. The topological polar surface area (TPSA) is 95.9 Å². The van der Waals surface area contributed by atoms with Crippen molar-refractivity contribution in [1.82, 2.24) is 9.62 Å². The van der Waals surface area contributed by atoms with Gasteiger partial charge in [0.1, 0.15) is 0 Å². The van der Waals surface area contributed by atoms with E-state index in [0.717, 1.165) is 43.2 Å². The number of carbonyl (C=O) groups is 2. The summed E-state index contributed by atoms with van der Waals surface area (Å²) < 4.78 is 28.0. The average molecular weight is 428 g/mol. The first-order valence-electron chi connectivity index (χ1n) is 9.43. The van der Waals surface area contributed by atoms with Gasteiger partial charge in [-0.3, -0.25) is 19.2 Å². The Labute approximate surface area is 173 Å². The van der Waals surface area contributed by atoms with Gasteiger partial charge in [0.05, 0.1) is 12.5 Å². The highest BCUT2D eigenvalue weighted by Gasteiger charge is 2.30. The van der Waals surface area contributed by atoms with Crippen molar-refractivity contribution >= 4 is 33.6 Å². The van der Waals surface area contributed by atoms with E-state index in [1.807, 2.05) is 19.1 Å². The fraction of sp³-hybridized carbons (Fsp3) is 0.579. The summed E-state index contributed by atoms with van der Waals surface area (Å²) in [5.41, 5.74) is 1.66. The summed E-state index contributed by atoms with van der Waals surface area (Å²) in [6.45, 7) is 4.13. The molecular formula is C19H29N3O4S2. The standard InChI is InChI=1S/C19H29N3O4S2/c1-4-5-6-7-8-13-22(19(24)27-20-3)18(23)17(14-21-28(25)26)16-11-9-15(2)10-12-16/h9-12,17,20H,4-8,13-14H2,1-3H3. The van der Waals surface area contributed by atoms with Gasteiger partial charge in [-0.2, -0.15) is 12.8 Å². The Morgan fingerprint density at radius 1 is 1.14 bits per heavy atom. The van der Waals surface area contributed by atoms with E-state index in [9.17, 15) is 18.0 Å². The zero-order valence-electron chi connectivity index (χ0n) is 16.7. The Hall–Kier alpha value is -1.71. The molecule has 28 heavy (non-hydrogen) atoms. The molecule has 0 heterocycles. The van der Waals surface area contributed by atoms with Crippen molar-refractivity contribution in [2.24, 2.45) is 4.36 Å². The summed E-state index contributed by atoms with van der Waals surface area (Å²) in [6, 6.07) is 7.25. The second-order valence-corrected chi connectivity index (χ2v) is 8.12. The minimum Gasteiger partial charge on any atom is -0.274 e. The molecule has 0 spiro atoms. The van der Waals surface area contributed by atoms with Crippen LogP contribution in [0.25, 0.3) is 0 Å². The molecule has 0 saturated carbocycles. The van der Waals surface area contributed by atoms with Gasteiger partial charge in [0.2, 0.25) is 5.91 Å². The smallest absolute Gasteiger partial charge is 0.274 e. The number of carbonyl (C=O) groups excluding carboxylic acids is 2. The molecule has 1 aromatic carbocycles. The first kappa shape index (κ1) is 24.3. The number of unbranched alkanes of at least 4 members (excludes halogenated alkanes) is 4. The quantitative estimate of drug-likeness (QED) is 0.425. The molecule has 1 unspecified atom stereocenters. The highest BCUT2D eigenvalue weighted by atomic mass is 32.2. The number of nitrogens with zero attached hydrogens (tertiary/aromatic N) is 2. The Morgan fingerprint density at radius 2 is 1.79 bits per heavy atom. The first-order valence-corrected chi connectivity index (χ1v) is 11.3. The van der Waals surface area contributed by atoms with E-state index in [1.165, 1.54) is 4.90 Å². The molecule has 0 aliphatic heterocycles. The van der Waals surface area contributed by atoms with E-state index in [2.05, 4.69) is 16.0 Å². The number of aryl methyl sites for hydroxylation is 1. The Morgan fingerprint density at radius 3 is 2.36 bits per heavy atom. The van der Waals surface area contributed by atoms with Gasteiger partial charge in [-0.15, -0.1) is 0 Å². The van der Waals surface area contributed by atoms with E-state index in [0.29, 0.717) is 18.5 Å². The Kier molecular flexibility index (Phi) is 11.7. The molecule has 156 valence electrons. The lowest BCUT2D eigenvalue weighted by Crippen LogP contribution is -2.40. The largest absolute Gasteiger partial charge is 0.311 e. The summed E-state index contributed by atoms with van der Waals surface area (Å²) in [7, 11) is -1.00. The van der Waals surface area contributed by atoms with E-state index >= 15 is 0 Å². The van der Waals surface area contributed by atoms with Gasteiger partial charge in [0.15, 0.2) is 0 Å². The highest BCUT2D eigenvalue weighted by Crippen LogP contribution is 2.22. The summed E-state index contributed by atoms with van der Waals surface area (Å²) in [6.07, 6.45) is 4.93. The minimum atomic E-state index is -2.62. The molecule has 1 atom stereocenters. The molecule has 0 saturated heterocycles. The van der Waals surface area contributed by atoms with Crippen LogP contribution in [0.3, 0.4) is 0 Å². The van der Waals surface area contributed by atoms with Crippen LogP contribution in [0.5, 0.6) is 0 Å². The molecule has 2 amide bonds. The number of nitrogens with one attached hydrogen (secondary N) is 1. The van der Waals surface area contributed by atoms with Gasteiger partial charge in [-0.1, -0.05) is 62.4 Å². The van der Waals surface area contributed by atoms with Gasteiger partial charge < -0.3 is 0 Å². The molecule has 0 aliphatic carbocycles. The van der Waals surface area contributed by atoms with E-state index in [-0.39, 0.29) is 6.54 Å². The van der Waals surface area contributed by atoms with Crippen molar-refractivity contribution in [3.05, 3.63) is 35.4 Å². The maximum atomic E-state index is 13.2. The second-order valence-electron chi connectivity index (χ2n) is 6.47. The van der Waals surface area contributed by atoms with Crippen LogP contribution in [0.4, 0.5) is 4.79 Å². The molecule has 0 bridgehead atoms. The molecule has 0 radical (unpaired) electrons. The number of hydrogen-bond donors (Lipinski definition) is 1. The SMILES string of the molecule is CCCCCCCN(C(=O)SNC)C(=O)C(CN=S(=O)=O)c1ccc(C)cc1. The number of benzene rings is 1. The van der Waals surface area contributed by atoms with Crippen molar-refractivity contribution in [2.45, 2.75) is 51.9 Å². The zero-order chi connectivity index (χ0) is 20.9. The molecule has 1 rings (SSSR count). The van der Waals surface area contributed by atoms with Crippen molar-refractivity contribution in [3.63, 3.8) is 0 Å². The summed E-state index contributed by atoms with van der Waals surface area (Å²) in [5.74, 6) is -1.25. The number of hydrogen-bond acceptors (Lipinski definition) is 7. The molecular weight excluding hydrogens is 398 g/mol. The fourth-order valence-corrected chi connectivity index (χ4v) is 3.49. The lowest BCUT2D eigenvalue weighted by Gasteiger charge is -2.25. The third-order valence-electron chi connectivity index (χ3n) is 4.30. The second kappa shape index (κ2) is 13.5. The number of amides is 2. The number of imide groups is 1. The van der Waals surface area contributed by atoms with Crippen molar-refractivity contribution in [2.75, 3.05) is 20.1 Å². The third kappa shape index (κ3) is 8.53. The van der Waals surface area contributed by atoms with Crippen molar-refractivity contribution in [1.29, 1.82) is 0 Å². The zero-order valence-corrected chi connectivity index (χ0v) is 18.3. The summed E-state index contributed by atoms with van der Waals surface area (Å²) >= 11 is 0.839. The van der Waals surface area contributed by atoms with Gasteiger partial charge in [-0.05, 0) is 26.0 Å². The third-order valence-corrected chi connectivity index (χ3v) is 5.26. The van der Waals surface area contributed by atoms with E-state index in [4.69, 9.17) is 0 Å². The fourth-order valence-electron chi connectivity index (χ4n) is 2.76. The van der Waals surface area contributed by atoms with Gasteiger partial charge in [0, 0.05) is 18.5 Å². The van der Waals surface area contributed by atoms with Crippen LogP contribution in [0, 0.1) is 6.92 Å². The van der Waals surface area contributed by atoms with E-state index in [1.54, 1.807) is 19.2 Å². The average Bonchev–Trinajstić information content (AvgIpc) is 2.66.